The summed E-state index contributed by atoms with van der Waals surface area (Å²) in [6.45, 7) is 0.549. The van der Waals surface area contributed by atoms with E-state index in [2.05, 4.69) is 45.5 Å². The minimum Gasteiger partial charge on any atom is -0.364 e. The van der Waals surface area contributed by atoms with Crippen LogP contribution in [0.1, 0.15) is 31.2 Å². The van der Waals surface area contributed by atoms with Crippen molar-refractivity contribution in [2.24, 2.45) is 4.99 Å². The lowest BCUT2D eigenvalue weighted by atomic mass is 10.0. The summed E-state index contributed by atoms with van der Waals surface area (Å²) < 4.78 is 15.7. The normalized spacial score (nSPS) is 22.4. The number of hydrogen-bond donors (Lipinski definition) is 2. The third-order valence-corrected chi connectivity index (χ3v) is 4.51. The summed E-state index contributed by atoms with van der Waals surface area (Å²) in [4.78, 5) is 5.15. The first-order valence-corrected chi connectivity index (χ1v) is 9.36. The Morgan fingerprint density at radius 1 is 1.27 bits per heavy atom. The number of amidine groups is 1. The number of nitrogens with one attached hydrogen (secondary N) is 1. The summed E-state index contributed by atoms with van der Waals surface area (Å²) in [7, 11) is 0. The SMILES string of the molecule is FC1=C(\CCCI)CC/C=C/N=C\1NCc1ccc(S)cc1. The molecule has 2 nitrogen and oxygen atoms in total. The molecule has 0 atom stereocenters. The minimum atomic E-state index is -0.181. The smallest absolute Gasteiger partial charge is 0.164 e. The molecular formula is C17H20FIN2S. The van der Waals surface area contributed by atoms with Crippen LogP contribution >= 0.6 is 35.2 Å². The second kappa shape index (κ2) is 9.35. The first-order valence-electron chi connectivity index (χ1n) is 7.39. The van der Waals surface area contributed by atoms with Crippen molar-refractivity contribution in [1.29, 1.82) is 0 Å². The van der Waals surface area contributed by atoms with Crippen molar-refractivity contribution in [2.75, 3.05) is 4.43 Å². The van der Waals surface area contributed by atoms with E-state index >= 15 is 0 Å². The van der Waals surface area contributed by atoms with Crippen molar-refractivity contribution < 1.29 is 4.39 Å². The summed E-state index contributed by atoms with van der Waals surface area (Å²) in [5.74, 6) is 0.161. The zero-order chi connectivity index (χ0) is 15.8. The number of aliphatic imine (C=N–C) groups is 1. The standard InChI is InChI=1S/C17H20FIN2S/c18-16-14(5-3-10-19)4-1-2-11-20-17(16)21-12-13-6-8-15(22)9-7-13/h2,6-9,11,22H,1,3-5,10,12H2,(H,20,21)/b11-2+,16-14-. The zero-order valence-electron chi connectivity index (χ0n) is 12.4. The van der Waals surface area contributed by atoms with Gasteiger partial charge in [-0.1, -0.05) is 40.8 Å². The lowest BCUT2D eigenvalue weighted by Crippen LogP contribution is -2.24. The molecule has 5 heteroatoms. The minimum absolute atomic E-state index is 0.181. The average Bonchev–Trinajstić information content (AvgIpc) is 2.52. The van der Waals surface area contributed by atoms with E-state index in [9.17, 15) is 4.39 Å². The number of alkyl halides is 1. The Kier molecular flexibility index (Phi) is 7.45. The van der Waals surface area contributed by atoms with Crippen LogP contribution in [-0.4, -0.2) is 10.3 Å². The van der Waals surface area contributed by atoms with Crippen LogP contribution in [0.25, 0.3) is 0 Å². The predicted molar refractivity (Wildman–Crippen MR) is 103 cm³/mol. The van der Waals surface area contributed by atoms with Gasteiger partial charge in [0.15, 0.2) is 11.7 Å². The van der Waals surface area contributed by atoms with Gasteiger partial charge in [-0.2, -0.15) is 0 Å². The van der Waals surface area contributed by atoms with Gasteiger partial charge in [-0.15, -0.1) is 12.6 Å². The Morgan fingerprint density at radius 2 is 2.05 bits per heavy atom. The van der Waals surface area contributed by atoms with Crippen LogP contribution < -0.4 is 5.32 Å². The van der Waals surface area contributed by atoms with Crippen LogP contribution in [-0.2, 0) is 6.54 Å². The van der Waals surface area contributed by atoms with E-state index in [4.69, 9.17) is 0 Å². The molecule has 1 N–H and O–H groups in total. The van der Waals surface area contributed by atoms with Crippen LogP contribution in [0.5, 0.6) is 0 Å². The largest absolute Gasteiger partial charge is 0.364 e. The van der Waals surface area contributed by atoms with Gasteiger partial charge in [-0.25, -0.2) is 9.38 Å². The number of rotatable bonds is 5. The molecule has 0 fully saturated rings. The molecule has 0 bridgehead atoms. The first kappa shape index (κ1) is 17.5. The number of nitrogens with zero attached hydrogens (tertiary/aromatic N) is 1. The Hall–Kier alpha value is -0.820. The molecule has 1 aromatic carbocycles. The second-order valence-electron chi connectivity index (χ2n) is 5.13. The van der Waals surface area contributed by atoms with E-state index in [1.54, 1.807) is 6.20 Å². The third kappa shape index (κ3) is 5.43. The molecule has 1 heterocycles. The van der Waals surface area contributed by atoms with Crippen molar-refractivity contribution in [3.8, 4) is 0 Å². The fourth-order valence-electron chi connectivity index (χ4n) is 2.23. The molecule has 1 aliphatic rings. The maximum atomic E-state index is 14.7. The predicted octanol–water partition coefficient (Wildman–Crippen LogP) is 5.21. The van der Waals surface area contributed by atoms with Gasteiger partial charge in [0.05, 0.1) is 0 Å². The number of allylic oxidation sites excluding steroid dienone is 2. The van der Waals surface area contributed by atoms with E-state index in [0.29, 0.717) is 12.4 Å². The Bertz CT molecular complexity index is 579. The maximum absolute atomic E-state index is 14.7. The van der Waals surface area contributed by atoms with E-state index < -0.39 is 0 Å². The summed E-state index contributed by atoms with van der Waals surface area (Å²) in [5.41, 5.74) is 1.95. The first-order chi connectivity index (χ1) is 10.7. The van der Waals surface area contributed by atoms with Gasteiger partial charge in [0, 0.05) is 17.6 Å². The van der Waals surface area contributed by atoms with Gasteiger partial charge in [0.2, 0.25) is 0 Å². The zero-order valence-corrected chi connectivity index (χ0v) is 15.4. The number of halogens is 2. The summed E-state index contributed by atoms with van der Waals surface area (Å²) in [6.07, 6.45) is 7.11. The molecule has 0 unspecified atom stereocenters. The molecule has 0 saturated heterocycles. The molecule has 0 radical (unpaired) electrons. The molecule has 22 heavy (non-hydrogen) atoms. The molecule has 0 spiro atoms. The molecule has 0 amide bonds. The summed E-state index contributed by atoms with van der Waals surface area (Å²) >= 11 is 6.59. The molecule has 118 valence electrons. The molecule has 1 aromatic rings. The lowest BCUT2D eigenvalue weighted by Gasteiger charge is -2.14. The fourth-order valence-corrected chi connectivity index (χ4v) is 2.76. The van der Waals surface area contributed by atoms with Gasteiger partial charge in [-0.05, 0) is 53.4 Å². The average molecular weight is 430 g/mol. The van der Waals surface area contributed by atoms with Crippen molar-refractivity contribution in [3.63, 3.8) is 0 Å². The van der Waals surface area contributed by atoms with Crippen LogP contribution in [0.15, 0.2) is 57.8 Å². The van der Waals surface area contributed by atoms with Crippen LogP contribution in [0.4, 0.5) is 4.39 Å². The van der Waals surface area contributed by atoms with Crippen molar-refractivity contribution in [2.45, 2.75) is 37.1 Å². The van der Waals surface area contributed by atoms with Crippen molar-refractivity contribution in [3.05, 3.63) is 53.5 Å². The van der Waals surface area contributed by atoms with Gasteiger partial charge in [-0.3, -0.25) is 0 Å². The molecule has 0 saturated carbocycles. The Morgan fingerprint density at radius 3 is 2.77 bits per heavy atom. The molecule has 0 aromatic heterocycles. The number of hydrogen-bond acceptors (Lipinski definition) is 3. The van der Waals surface area contributed by atoms with Crippen LogP contribution in [0.2, 0.25) is 0 Å². The molecule has 1 aliphatic heterocycles. The molecule has 2 rings (SSSR count). The highest BCUT2D eigenvalue weighted by molar-refractivity contribution is 14.1. The van der Waals surface area contributed by atoms with Crippen LogP contribution in [0.3, 0.4) is 0 Å². The molecular weight excluding hydrogens is 410 g/mol. The Labute approximate surface area is 150 Å². The van der Waals surface area contributed by atoms with Gasteiger partial charge >= 0.3 is 0 Å². The fraction of sp³-hybridized carbons (Fsp3) is 0.353. The van der Waals surface area contributed by atoms with Crippen molar-refractivity contribution in [1.82, 2.24) is 5.32 Å². The molecule has 0 aliphatic carbocycles. The van der Waals surface area contributed by atoms with E-state index in [-0.39, 0.29) is 5.83 Å². The highest BCUT2D eigenvalue weighted by Crippen LogP contribution is 2.22. The topological polar surface area (TPSA) is 24.4 Å². The maximum Gasteiger partial charge on any atom is 0.164 e. The highest BCUT2D eigenvalue weighted by atomic mass is 127. The van der Waals surface area contributed by atoms with Gasteiger partial charge in [0.25, 0.3) is 0 Å². The van der Waals surface area contributed by atoms with E-state index in [0.717, 1.165) is 46.1 Å². The van der Waals surface area contributed by atoms with Gasteiger partial charge in [0.1, 0.15) is 0 Å². The highest BCUT2D eigenvalue weighted by Gasteiger charge is 2.14. The van der Waals surface area contributed by atoms with E-state index in [1.807, 2.05) is 30.3 Å². The number of benzene rings is 1. The summed E-state index contributed by atoms with van der Waals surface area (Å²) in [6, 6.07) is 7.82. The van der Waals surface area contributed by atoms with E-state index in [1.165, 1.54) is 0 Å². The third-order valence-electron chi connectivity index (χ3n) is 3.45. The number of thiol groups is 1. The lowest BCUT2D eigenvalue weighted by molar-refractivity contribution is 0.631. The monoisotopic (exact) mass is 430 g/mol. The van der Waals surface area contributed by atoms with Crippen molar-refractivity contribution >= 4 is 41.1 Å². The Balaban J connectivity index is 2.09. The van der Waals surface area contributed by atoms with Gasteiger partial charge < -0.3 is 5.32 Å². The summed E-state index contributed by atoms with van der Waals surface area (Å²) in [5, 5.41) is 3.12. The quantitative estimate of drug-likeness (QED) is 0.374. The second-order valence-corrected chi connectivity index (χ2v) is 6.73. The van der Waals surface area contributed by atoms with Crippen LogP contribution in [0, 0.1) is 0 Å².